The smallest absolute Gasteiger partial charge is 0.222 e. The summed E-state index contributed by atoms with van der Waals surface area (Å²) in [5.41, 5.74) is 12.2. The molecule has 2 aromatic rings. The SMILES string of the molecule is CCCCC(C)CNC(C)=O.Nc1nc(N)c2ncccc2n1. The van der Waals surface area contributed by atoms with Crippen molar-refractivity contribution in [2.45, 2.75) is 40.0 Å². The van der Waals surface area contributed by atoms with E-state index in [9.17, 15) is 4.79 Å². The molecule has 5 N–H and O–H groups in total. The normalized spacial score (nSPS) is 11.4. The van der Waals surface area contributed by atoms with Crippen LogP contribution in [0, 0.1) is 5.92 Å². The first-order valence-corrected chi connectivity index (χ1v) is 7.82. The molecule has 7 heteroatoms. The van der Waals surface area contributed by atoms with Crippen LogP contribution in [0.25, 0.3) is 11.0 Å². The fraction of sp³-hybridized carbons (Fsp3) is 0.500. The van der Waals surface area contributed by atoms with Crippen LogP contribution < -0.4 is 16.8 Å². The van der Waals surface area contributed by atoms with Crippen LogP contribution in [0.5, 0.6) is 0 Å². The van der Waals surface area contributed by atoms with E-state index in [4.69, 9.17) is 11.5 Å². The molecular formula is C16H26N6O. The van der Waals surface area contributed by atoms with Crippen molar-refractivity contribution in [2.24, 2.45) is 5.92 Å². The first-order chi connectivity index (χ1) is 10.9. The van der Waals surface area contributed by atoms with Gasteiger partial charge >= 0.3 is 0 Å². The third-order valence-corrected chi connectivity index (χ3v) is 3.25. The molecule has 0 aliphatic carbocycles. The molecule has 2 heterocycles. The summed E-state index contributed by atoms with van der Waals surface area (Å²) >= 11 is 0. The van der Waals surface area contributed by atoms with Gasteiger partial charge in [-0.25, -0.2) is 4.98 Å². The average molecular weight is 318 g/mol. The van der Waals surface area contributed by atoms with Gasteiger partial charge in [-0.05, 0) is 24.5 Å². The van der Waals surface area contributed by atoms with Crippen LogP contribution in [0.3, 0.4) is 0 Å². The second kappa shape index (κ2) is 9.55. The molecule has 0 saturated carbocycles. The lowest BCUT2D eigenvalue weighted by Gasteiger charge is -2.10. The lowest BCUT2D eigenvalue weighted by molar-refractivity contribution is -0.119. The van der Waals surface area contributed by atoms with E-state index < -0.39 is 0 Å². The highest BCUT2D eigenvalue weighted by atomic mass is 16.1. The average Bonchev–Trinajstić information content (AvgIpc) is 2.51. The molecule has 1 amide bonds. The Kier molecular flexibility index (Phi) is 7.73. The van der Waals surface area contributed by atoms with Gasteiger partial charge in [0, 0.05) is 19.7 Å². The lowest BCUT2D eigenvalue weighted by atomic mass is 10.0. The van der Waals surface area contributed by atoms with Crippen LogP contribution in [-0.4, -0.2) is 27.4 Å². The number of nitrogens with one attached hydrogen (secondary N) is 1. The second-order valence-corrected chi connectivity index (χ2v) is 5.52. The summed E-state index contributed by atoms with van der Waals surface area (Å²) in [5.74, 6) is 1.19. The summed E-state index contributed by atoms with van der Waals surface area (Å²) in [6.45, 7) is 6.75. The Morgan fingerprint density at radius 2 is 2.09 bits per heavy atom. The summed E-state index contributed by atoms with van der Waals surface area (Å²) in [4.78, 5) is 22.3. The molecule has 2 aromatic heterocycles. The van der Waals surface area contributed by atoms with Gasteiger partial charge in [0.1, 0.15) is 5.52 Å². The quantitative estimate of drug-likeness (QED) is 0.777. The van der Waals surface area contributed by atoms with Gasteiger partial charge in [-0.3, -0.25) is 9.78 Å². The van der Waals surface area contributed by atoms with Gasteiger partial charge in [-0.15, -0.1) is 0 Å². The molecule has 0 spiro atoms. The number of nitrogens with two attached hydrogens (primary N) is 2. The Bertz CT molecular complexity index is 631. The summed E-state index contributed by atoms with van der Waals surface area (Å²) in [7, 11) is 0. The summed E-state index contributed by atoms with van der Waals surface area (Å²) in [5, 5.41) is 2.82. The van der Waals surface area contributed by atoms with Gasteiger partial charge in [0.2, 0.25) is 11.9 Å². The molecule has 0 fully saturated rings. The van der Waals surface area contributed by atoms with Crippen molar-refractivity contribution in [1.29, 1.82) is 0 Å². The van der Waals surface area contributed by atoms with Gasteiger partial charge in [0.05, 0.1) is 5.52 Å². The number of unbranched alkanes of at least 4 members (excludes halogenated alkanes) is 1. The highest BCUT2D eigenvalue weighted by molar-refractivity contribution is 5.84. The summed E-state index contributed by atoms with van der Waals surface area (Å²) in [6.07, 6.45) is 5.36. The molecule has 0 saturated heterocycles. The molecule has 23 heavy (non-hydrogen) atoms. The van der Waals surface area contributed by atoms with Gasteiger partial charge in [-0.2, -0.15) is 4.98 Å². The van der Waals surface area contributed by atoms with E-state index in [1.807, 2.05) is 0 Å². The van der Waals surface area contributed by atoms with E-state index in [-0.39, 0.29) is 11.9 Å². The number of anilines is 2. The van der Waals surface area contributed by atoms with Crippen LogP contribution in [-0.2, 0) is 4.79 Å². The molecule has 0 aliphatic heterocycles. The third-order valence-electron chi connectivity index (χ3n) is 3.25. The molecule has 0 bridgehead atoms. The highest BCUT2D eigenvalue weighted by Crippen LogP contribution is 2.14. The number of carbonyl (C=O) groups is 1. The molecule has 0 aliphatic rings. The molecule has 0 aromatic carbocycles. The minimum absolute atomic E-state index is 0.0772. The zero-order valence-electron chi connectivity index (χ0n) is 14.0. The Balaban J connectivity index is 0.000000232. The van der Waals surface area contributed by atoms with E-state index >= 15 is 0 Å². The molecule has 1 unspecified atom stereocenters. The maximum Gasteiger partial charge on any atom is 0.222 e. The van der Waals surface area contributed by atoms with Crippen LogP contribution in [0.2, 0.25) is 0 Å². The summed E-state index contributed by atoms with van der Waals surface area (Å²) in [6, 6.07) is 3.56. The number of amides is 1. The summed E-state index contributed by atoms with van der Waals surface area (Å²) < 4.78 is 0. The standard InChI is InChI=1S/C9H19NO.C7H7N5/c1-4-5-6-8(2)7-10-9(3)11;8-6-5-4(2-1-3-10-5)11-7(9)12-6/h8H,4-7H2,1-3H3,(H,10,11);1-3H,(H4,8,9,11,12). The second-order valence-electron chi connectivity index (χ2n) is 5.52. The number of aromatic nitrogens is 3. The number of hydrogen-bond donors (Lipinski definition) is 3. The maximum atomic E-state index is 10.5. The number of fused-ring (bicyclic) bond motifs is 1. The zero-order valence-corrected chi connectivity index (χ0v) is 14.0. The number of rotatable bonds is 5. The number of hydrogen-bond acceptors (Lipinski definition) is 6. The van der Waals surface area contributed by atoms with Gasteiger partial charge in [-0.1, -0.05) is 26.7 Å². The molecular weight excluding hydrogens is 292 g/mol. The van der Waals surface area contributed by atoms with E-state index in [1.165, 1.54) is 19.3 Å². The van der Waals surface area contributed by atoms with E-state index in [2.05, 4.69) is 34.1 Å². The highest BCUT2D eigenvalue weighted by Gasteiger charge is 2.02. The van der Waals surface area contributed by atoms with Gasteiger partial charge in [0.25, 0.3) is 0 Å². The van der Waals surface area contributed by atoms with Crippen molar-refractivity contribution in [3.8, 4) is 0 Å². The fourth-order valence-electron chi connectivity index (χ4n) is 1.98. The van der Waals surface area contributed by atoms with E-state index in [0.717, 1.165) is 6.54 Å². The minimum atomic E-state index is 0.0772. The van der Waals surface area contributed by atoms with Crippen molar-refractivity contribution in [3.63, 3.8) is 0 Å². The lowest BCUT2D eigenvalue weighted by Crippen LogP contribution is -2.25. The number of pyridine rings is 1. The van der Waals surface area contributed by atoms with E-state index in [1.54, 1.807) is 25.3 Å². The molecule has 7 nitrogen and oxygen atoms in total. The van der Waals surface area contributed by atoms with Crippen molar-refractivity contribution in [3.05, 3.63) is 18.3 Å². The first-order valence-electron chi connectivity index (χ1n) is 7.82. The topological polar surface area (TPSA) is 120 Å². The van der Waals surface area contributed by atoms with Crippen LogP contribution >= 0.6 is 0 Å². The largest absolute Gasteiger partial charge is 0.382 e. The predicted octanol–water partition coefficient (Wildman–Crippen LogP) is 2.14. The Morgan fingerprint density at radius 3 is 2.74 bits per heavy atom. The van der Waals surface area contributed by atoms with E-state index in [0.29, 0.717) is 22.8 Å². The van der Waals surface area contributed by atoms with Crippen molar-refractivity contribution in [1.82, 2.24) is 20.3 Å². The number of nitrogens with zero attached hydrogens (tertiary/aromatic N) is 3. The molecule has 126 valence electrons. The van der Waals surface area contributed by atoms with Crippen LogP contribution in [0.1, 0.15) is 40.0 Å². The fourth-order valence-corrected chi connectivity index (χ4v) is 1.98. The predicted molar refractivity (Wildman–Crippen MR) is 93.5 cm³/mol. The van der Waals surface area contributed by atoms with Crippen molar-refractivity contribution >= 4 is 28.7 Å². The first kappa shape index (κ1) is 18.6. The minimum Gasteiger partial charge on any atom is -0.382 e. The molecule has 2 rings (SSSR count). The maximum absolute atomic E-state index is 10.5. The Labute approximate surface area is 136 Å². The van der Waals surface area contributed by atoms with Crippen molar-refractivity contribution < 1.29 is 4.79 Å². The number of carbonyl (C=O) groups excluding carboxylic acids is 1. The Morgan fingerprint density at radius 1 is 1.35 bits per heavy atom. The van der Waals surface area contributed by atoms with Gasteiger partial charge in [0.15, 0.2) is 5.82 Å². The van der Waals surface area contributed by atoms with Crippen LogP contribution in [0.4, 0.5) is 11.8 Å². The molecule has 0 radical (unpaired) electrons. The Hall–Kier alpha value is -2.44. The van der Waals surface area contributed by atoms with Crippen molar-refractivity contribution in [2.75, 3.05) is 18.0 Å². The zero-order chi connectivity index (χ0) is 17.2. The monoisotopic (exact) mass is 318 g/mol. The molecule has 1 atom stereocenters. The van der Waals surface area contributed by atoms with Crippen LogP contribution in [0.15, 0.2) is 18.3 Å². The third kappa shape index (κ3) is 6.90. The number of nitrogen functional groups attached to an aromatic ring is 2. The van der Waals surface area contributed by atoms with Gasteiger partial charge < -0.3 is 16.8 Å².